The van der Waals surface area contributed by atoms with Gasteiger partial charge in [0.1, 0.15) is 91.1 Å². The third kappa shape index (κ3) is 54.1. The summed E-state index contributed by atoms with van der Waals surface area (Å²) in [6, 6.07) is -13.3. The number of carbonyl (C=O) groups is 11. The molecule has 9 amide bonds. The molecule has 0 bridgehead atoms. The van der Waals surface area contributed by atoms with Crippen molar-refractivity contribution in [1.29, 1.82) is 0 Å². The summed E-state index contributed by atoms with van der Waals surface area (Å²) in [5, 5.41) is 84.0. The molecule has 140 heavy (non-hydrogen) atoms. The molecule has 0 aromatic heterocycles. The summed E-state index contributed by atoms with van der Waals surface area (Å²) in [7, 11) is -11.6. The van der Waals surface area contributed by atoms with Gasteiger partial charge in [-0.1, -0.05) is 128 Å². The molecule has 2 heterocycles. The summed E-state index contributed by atoms with van der Waals surface area (Å²) in [6.45, 7) is 32.6. The zero-order valence-corrected chi connectivity index (χ0v) is 87.8. The summed E-state index contributed by atoms with van der Waals surface area (Å²) in [4.78, 5) is 164. The van der Waals surface area contributed by atoms with E-state index in [0.717, 1.165) is 149 Å². The van der Waals surface area contributed by atoms with E-state index in [1.165, 1.54) is 83.9 Å². The maximum Gasteiger partial charge on any atom is 0.483 e. The molecule has 0 aromatic carbocycles. The summed E-state index contributed by atoms with van der Waals surface area (Å²) in [5.41, 5.74) is 20.3. The number of rotatable bonds is 67. The Morgan fingerprint density at radius 2 is 0.771 bits per heavy atom. The number of hydrogen-bond donors (Lipinski definition) is 18. The number of hydrogen-bond acceptors (Lipinski definition) is 25. The minimum Gasteiger partial charge on any atom is -0.480 e. The lowest BCUT2D eigenvalue weighted by molar-refractivity contribution is -0.331. The van der Waals surface area contributed by atoms with Gasteiger partial charge in [-0.3, -0.25) is 57.0 Å². The molecule has 0 aromatic rings. The van der Waals surface area contributed by atoms with Gasteiger partial charge < -0.3 is 113 Å². The number of ether oxygens (including phenoxy) is 4. The summed E-state index contributed by atoms with van der Waals surface area (Å²) < 4.78 is 66.5. The van der Waals surface area contributed by atoms with E-state index in [-0.39, 0.29) is 25.8 Å². The molecular formula is C100H166N10O28P2. The molecule has 2 saturated heterocycles. The molecule has 794 valence electrons. The molecule has 19 N–H and O–H groups in total. The normalized spacial score (nSPS) is 22.1. The number of amides is 9. The van der Waals surface area contributed by atoms with Crippen LogP contribution in [0.25, 0.3) is 0 Å². The van der Waals surface area contributed by atoms with E-state index in [0.29, 0.717) is 18.4 Å². The van der Waals surface area contributed by atoms with Crippen LogP contribution in [0.1, 0.15) is 299 Å². The van der Waals surface area contributed by atoms with Crippen molar-refractivity contribution in [1.82, 2.24) is 47.9 Å². The molecule has 2 fully saturated rings. The quantitative estimate of drug-likeness (QED) is 0.0153. The molecule has 38 nitrogen and oxygen atoms in total. The van der Waals surface area contributed by atoms with Crippen molar-refractivity contribution >= 4 is 80.7 Å². The van der Waals surface area contributed by atoms with Crippen LogP contribution in [0.2, 0.25) is 0 Å². The van der Waals surface area contributed by atoms with Gasteiger partial charge in [-0.2, -0.15) is 4.31 Å². The number of aliphatic hydroxyl groups is 4. The van der Waals surface area contributed by atoms with Gasteiger partial charge in [-0.25, -0.2) is 13.9 Å². The van der Waals surface area contributed by atoms with E-state index in [9.17, 15) is 102 Å². The van der Waals surface area contributed by atoms with Crippen LogP contribution in [-0.2, 0) is 94.2 Å². The maximum absolute atomic E-state index is 14.2. The zero-order chi connectivity index (χ0) is 106. The Hall–Kier alpha value is -8.79. The van der Waals surface area contributed by atoms with Gasteiger partial charge in [0, 0.05) is 26.8 Å². The van der Waals surface area contributed by atoms with Crippen molar-refractivity contribution < 1.29 is 135 Å². The van der Waals surface area contributed by atoms with Crippen LogP contribution in [0.4, 0.5) is 0 Å². The largest absolute Gasteiger partial charge is 0.483 e. The van der Waals surface area contributed by atoms with E-state index >= 15 is 0 Å². The number of phosphoric acid groups is 2. The number of allylic oxidation sites excluding steroid dienone is 21. The van der Waals surface area contributed by atoms with Gasteiger partial charge in [0.2, 0.25) is 53.2 Å². The van der Waals surface area contributed by atoms with E-state index < -0.39 is 223 Å². The first-order valence-electron chi connectivity index (χ1n) is 48.6. The fraction of sp³-hybridized carbons (Fsp3) is 0.670. The van der Waals surface area contributed by atoms with E-state index in [2.05, 4.69) is 182 Å². The molecular weight excluding hydrogens is 1850 g/mol. The van der Waals surface area contributed by atoms with Crippen molar-refractivity contribution in [3.05, 3.63) is 128 Å². The first kappa shape index (κ1) is 127. The van der Waals surface area contributed by atoms with E-state index in [1.807, 2.05) is 6.92 Å². The SMILES string of the molecule is CC(=O)N[C@H]1[C@H](O[C@H]2[C@H](O[C@H](C)C(=O)N[C@@H](C)C(=O)N[C@H](CCC(=O)N[C@@H](CCCCNC(=O)[C@H](C)NC(=O)[C@H](C)N)C(=O)N[C@H](C)C(=O)N[C@H](C)C(=O)O)C(=O)O)[C@@H](NC(C)=O)[C@@H](OP(=O)(O)OP(=O)(O)OC/C=C(/C)CC/C=C(/C)CC/C=C(/C)CC/C=C(/C)CC/C=C(/C)CC/C=C(/C)CC/C=C(/C)CC/C=C(/C)CC/C=C(\C)CC/C=C(\C)CCC=C(C)C)O[C@@H]2CO)O[C@H](CO)[C@@H](O)[C@@H]1O. The van der Waals surface area contributed by atoms with E-state index in [1.54, 1.807) is 6.92 Å². The van der Waals surface area contributed by atoms with E-state index in [4.69, 9.17) is 33.7 Å². The Kier molecular flexibility index (Phi) is 61.5. The van der Waals surface area contributed by atoms with Gasteiger partial charge >= 0.3 is 27.6 Å². The fourth-order valence-electron chi connectivity index (χ4n) is 14.8. The molecule has 20 atom stereocenters. The molecule has 0 spiro atoms. The van der Waals surface area contributed by atoms with Crippen LogP contribution < -0.4 is 53.6 Å². The highest BCUT2D eigenvalue weighted by molar-refractivity contribution is 7.61. The standard InChI is InChI=1S/C100H166N10O28P2/c1-61(2)33-23-34-62(3)35-24-36-63(4)37-25-38-64(5)39-26-40-65(6)41-27-42-66(7)43-28-44-67(8)45-29-46-68(9)47-30-48-69(10)49-31-50-70(11)51-32-52-71(12)56-58-132-139(128,129)138-140(130,131)137-100-86(108-79(20)114)90(89(83(60-112)135-100)136-99-85(107-78(19)113)88(117)87(116)82(59-111)134-99)133-77(18)95(122)104-75(16)94(121)110-81(98(126)127)54-55-84(115)109-80(96(123)105-74(15)93(120)106-76(17)97(124)125)53-21-22-57-102-92(119)73(14)103-91(118)72(13)101/h33,35,37,39,41,43,45,47,49,51,56,72-77,80-83,85-90,99-100,111-112,116-117H,21-32,34,36,38,40,42,44,46,48,50,52-55,57-60,101H2,1-20H3,(H,102,119)(H,103,118)(H,104,122)(H,105,123)(H,106,120)(H,107,113)(H,108,114)(H,109,115)(H,110,121)(H,124,125)(H,126,127)(H,128,129)(H,130,131)/b62-35+,63-37+,64-39-,65-41-,66-43-,67-45-,68-47-,69-49-,70-51-,71-56-/t72-,73-,74+,75-,76+,77+,80-,81+,82+,83+,85+,86+,87+,88+,89+,90+,99-,100+/m0/s1. The predicted molar refractivity (Wildman–Crippen MR) is 534 cm³/mol. The average Bonchev–Trinajstić information content (AvgIpc) is 0.763. The summed E-state index contributed by atoms with van der Waals surface area (Å²) in [5.74, 6) is -11.2. The molecule has 2 rings (SSSR count). The topological polar surface area (TPSA) is 583 Å². The Morgan fingerprint density at radius 1 is 0.393 bits per heavy atom. The van der Waals surface area contributed by atoms with Gasteiger partial charge in [-0.15, -0.1) is 0 Å². The third-order valence-corrected chi connectivity index (χ3v) is 26.1. The third-order valence-electron chi connectivity index (χ3n) is 23.5. The fourth-order valence-corrected chi connectivity index (χ4v) is 16.9. The molecule has 0 radical (unpaired) electrons. The van der Waals surface area contributed by atoms with Crippen LogP contribution in [0.5, 0.6) is 0 Å². The predicted octanol–water partition coefficient (Wildman–Crippen LogP) is 11.4. The van der Waals surface area contributed by atoms with Crippen LogP contribution in [0.3, 0.4) is 0 Å². The number of aliphatic hydroxyl groups excluding tert-OH is 4. The van der Waals surface area contributed by atoms with Crippen molar-refractivity contribution in [2.24, 2.45) is 5.73 Å². The first-order chi connectivity index (χ1) is 65.7. The monoisotopic (exact) mass is 2020 g/mol. The summed E-state index contributed by atoms with van der Waals surface area (Å²) >= 11 is 0. The minimum absolute atomic E-state index is 0.0298. The maximum atomic E-state index is 14.2. The Labute approximate surface area is 828 Å². The minimum atomic E-state index is -5.98. The number of aliphatic carboxylic acids is 2. The van der Waals surface area contributed by atoms with Gasteiger partial charge in [0.05, 0.1) is 25.9 Å². The number of nitrogens with one attached hydrogen (secondary N) is 9. The molecule has 40 heteroatoms. The van der Waals surface area contributed by atoms with Gasteiger partial charge in [-0.05, 0) is 279 Å². The number of carbonyl (C=O) groups excluding carboxylic acids is 9. The first-order valence-corrected chi connectivity index (χ1v) is 51.6. The van der Waals surface area contributed by atoms with Crippen molar-refractivity contribution in [2.45, 2.75) is 409 Å². The Bertz CT molecular complexity index is 4450. The Balaban J connectivity index is 2.14. The van der Waals surface area contributed by atoms with Crippen LogP contribution >= 0.6 is 15.6 Å². The number of unbranched alkanes of at least 4 members (excludes halogenated alkanes) is 1. The van der Waals surface area contributed by atoms with Crippen LogP contribution in [0.15, 0.2) is 128 Å². The van der Waals surface area contributed by atoms with Crippen LogP contribution in [0, 0.1) is 0 Å². The lowest BCUT2D eigenvalue weighted by Crippen LogP contribution is -2.70. The second-order valence-corrected chi connectivity index (χ2v) is 40.2. The number of carboxylic acid groups (broad SMARTS) is 2. The average molecular weight is 2020 g/mol. The lowest BCUT2D eigenvalue weighted by atomic mass is 9.94. The van der Waals surface area contributed by atoms with Gasteiger partial charge in [0.15, 0.2) is 12.6 Å². The number of nitrogens with two attached hydrogens (primary N) is 1. The number of phosphoric ester groups is 2. The Morgan fingerprint density at radius 3 is 1.17 bits per heavy atom. The summed E-state index contributed by atoms with van der Waals surface area (Å²) in [6.07, 6.45) is 25.9. The molecule has 0 aliphatic carbocycles. The smallest absolute Gasteiger partial charge is 0.480 e. The lowest BCUT2D eigenvalue weighted by Gasteiger charge is -2.49. The molecule has 2 aliphatic rings. The molecule has 2 unspecified atom stereocenters. The van der Waals surface area contributed by atoms with Crippen LogP contribution in [-0.4, -0.2) is 242 Å². The second kappa shape index (κ2) is 67.7. The van der Waals surface area contributed by atoms with Crippen molar-refractivity contribution in [2.75, 3.05) is 26.4 Å². The molecule has 2 aliphatic heterocycles. The van der Waals surface area contributed by atoms with Crippen molar-refractivity contribution in [3.63, 3.8) is 0 Å². The highest BCUT2D eigenvalue weighted by Crippen LogP contribution is 2.61. The highest BCUT2D eigenvalue weighted by atomic mass is 31.3. The van der Waals surface area contributed by atoms with Crippen molar-refractivity contribution in [3.8, 4) is 0 Å². The molecule has 0 saturated carbocycles. The second-order valence-electron chi connectivity index (χ2n) is 37.2. The number of carboxylic acids is 2. The van der Waals surface area contributed by atoms with Gasteiger partial charge in [0.25, 0.3) is 0 Å². The zero-order valence-electron chi connectivity index (χ0n) is 86.0. The highest BCUT2D eigenvalue weighted by Gasteiger charge is 2.56.